The molecule has 3 fully saturated rings. The van der Waals surface area contributed by atoms with Crippen LogP contribution in [0.3, 0.4) is 0 Å². The summed E-state index contributed by atoms with van der Waals surface area (Å²) in [6.07, 6.45) is 4.69. The molecule has 4 atom stereocenters. The number of nitrogens with two attached hydrogens (primary N) is 1. The number of nitrogens with zero attached hydrogens (tertiary/aromatic N) is 1. The second-order valence-electron chi connectivity index (χ2n) is 9.37. The Labute approximate surface area is 164 Å². The number of fused-ring (bicyclic) bond motifs is 1. The van der Waals surface area contributed by atoms with Crippen molar-refractivity contribution in [2.45, 2.75) is 75.0 Å². The van der Waals surface area contributed by atoms with Crippen LogP contribution < -0.4 is 5.73 Å². The molecule has 1 aromatic rings. The maximum Gasteiger partial charge on any atom is 0.252 e. The summed E-state index contributed by atoms with van der Waals surface area (Å²) in [6.45, 7) is 3.04. The van der Waals surface area contributed by atoms with Crippen LogP contribution in [0.1, 0.15) is 66.9 Å². The van der Waals surface area contributed by atoms with Gasteiger partial charge in [-0.05, 0) is 63.1 Å². The maximum atomic E-state index is 12.5. The number of carbonyl (C=O) groups excluding carboxylic acids is 2. The number of Topliss-reactive ketones (excluding diaryl/α,β-unsaturated/α-hetero) is 1. The van der Waals surface area contributed by atoms with E-state index in [0.29, 0.717) is 43.2 Å². The number of primary amides is 1. The topological polar surface area (TPSA) is 104 Å². The molecule has 4 aliphatic rings. The van der Waals surface area contributed by atoms with Gasteiger partial charge in [-0.3, -0.25) is 14.5 Å². The molecule has 6 heteroatoms. The van der Waals surface area contributed by atoms with Crippen LogP contribution in [-0.2, 0) is 16.6 Å². The Morgan fingerprint density at radius 2 is 2.07 bits per heavy atom. The van der Waals surface area contributed by atoms with Crippen LogP contribution in [0.25, 0.3) is 0 Å². The zero-order valence-electron chi connectivity index (χ0n) is 16.3. The first kappa shape index (κ1) is 18.1. The van der Waals surface area contributed by atoms with E-state index in [-0.39, 0.29) is 29.6 Å². The summed E-state index contributed by atoms with van der Waals surface area (Å²) in [5.74, 6) is -0.0261. The first-order chi connectivity index (χ1) is 13.3. The first-order valence-corrected chi connectivity index (χ1v) is 10.4. The molecule has 150 valence electrons. The predicted molar refractivity (Wildman–Crippen MR) is 103 cm³/mol. The van der Waals surface area contributed by atoms with Gasteiger partial charge in [0.2, 0.25) is 0 Å². The Hall–Kier alpha value is -1.92. The highest BCUT2D eigenvalue weighted by Gasteiger charge is 2.66. The van der Waals surface area contributed by atoms with Gasteiger partial charge in [0, 0.05) is 35.9 Å². The van der Waals surface area contributed by atoms with E-state index in [1.54, 1.807) is 6.07 Å². The van der Waals surface area contributed by atoms with E-state index in [1.165, 1.54) is 12.8 Å². The van der Waals surface area contributed by atoms with E-state index in [2.05, 4.69) is 11.8 Å². The van der Waals surface area contributed by atoms with Crippen molar-refractivity contribution < 1.29 is 19.8 Å². The molecule has 1 heterocycles. The summed E-state index contributed by atoms with van der Waals surface area (Å²) < 4.78 is 0. The van der Waals surface area contributed by atoms with Crippen LogP contribution in [0, 0.1) is 5.92 Å². The van der Waals surface area contributed by atoms with Crippen molar-refractivity contribution in [3.8, 4) is 5.75 Å². The Kier molecular flexibility index (Phi) is 3.75. The van der Waals surface area contributed by atoms with Gasteiger partial charge in [-0.1, -0.05) is 6.07 Å². The largest absolute Gasteiger partial charge is 0.507 e. The number of likely N-dealkylation sites (tertiary alicyclic amines) is 1. The highest BCUT2D eigenvalue weighted by atomic mass is 16.3. The fourth-order valence-corrected chi connectivity index (χ4v) is 6.48. The molecule has 5 rings (SSSR count). The molecule has 1 saturated heterocycles. The number of amides is 1. The molecule has 2 bridgehead atoms. The molecule has 0 spiro atoms. The Morgan fingerprint density at radius 1 is 1.32 bits per heavy atom. The first-order valence-electron chi connectivity index (χ1n) is 10.4. The molecule has 0 radical (unpaired) electrons. The molecule has 2 unspecified atom stereocenters. The van der Waals surface area contributed by atoms with Crippen molar-refractivity contribution in [3.63, 3.8) is 0 Å². The molecule has 3 aliphatic carbocycles. The standard InChI is InChI=1S/C22H28N2O4/c1-12(13-2-3-13)24-9-8-21-11-15(25)6-7-22(21,28)17(24)10-14-4-5-16(20(23)27)19(26)18(14)21/h4-5,12-13,17,26,28H,2-3,6-11H2,1H3,(H2,23,27)/t12-,17?,21?,22+/m0/s1. The number of aliphatic hydroxyl groups is 1. The van der Waals surface area contributed by atoms with Crippen molar-refractivity contribution >= 4 is 11.7 Å². The smallest absolute Gasteiger partial charge is 0.252 e. The average Bonchev–Trinajstić information content (AvgIpc) is 3.46. The fraction of sp³-hybridized carbons (Fsp3) is 0.636. The molecule has 4 N–H and O–H groups in total. The summed E-state index contributed by atoms with van der Waals surface area (Å²) >= 11 is 0. The third kappa shape index (κ3) is 2.22. The summed E-state index contributed by atoms with van der Waals surface area (Å²) in [4.78, 5) is 26.8. The molecule has 1 aliphatic heterocycles. The molecule has 1 aromatic carbocycles. The van der Waals surface area contributed by atoms with Gasteiger partial charge in [0.05, 0.1) is 11.2 Å². The van der Waals surface area contributed by atoms with E-state index in [9.17, 15) is 19.8 Å². The average molecular weight is 384 g/mol. The fourth-order valence-electron chi connectivity index (χ4n) is 6.48. The molecule has 1 amide bonds. The number of piperidine rings is 1. The van der Waals surface area contributed by atoms with Crippen molar-refractivity contribution in [1.29, 1.82) is 0 Å². The van der Waals surface area contributed by atoms with Crippen LogP contribution >= 0.6 is 0 Å². The SMILES string of the molecule is C[C@@H](C1CC1)N1CCC23CC(=O)CC[C@@]2(O)C1Cc1ccc(C(N)=O)c(O)c13. The molecular weight excluding hydrogens is 356 g/mol. The van der Waals surface area contributed by atoms with Gasteiger partial charge < -0.3 is 15.9 Å². The molecule has 6 nitrogen and oxygen atoms in total. The zero-order valence-corrected chi connectivity index (χ0v) is 16.3. The van der Waals surface area contributed by atoms with E-state index in [4.69, 9.17) is 5.73 Å². The Morgan fingerprint density at radius 3 is 2.75 bits per heavy atom. The number of aromatic hydroxyl groups is 1. The van der Waals surface area contributed by atoms with Crippen molar-refractivity contribution in [2.24, 2.45) is 11.7 Å². The minimum absolute atomic E-state index is 0.0701. The van der Waals surface area contributed by atoms with Crippen LogP contribution in [0.2, 0.25) is 0 Å². The number of benzene rings is 1. The lowest BCUT2D eigenvalue weighted by Crippen LogP contribution is -2.74. The highest BCUT2D eigenvalue weighted by molar-refractivity contribution is 5.96. The van der Waals surface area contributed by atoms with Crippen LogP contribution in [0.5, 0.6) is 5.75 Å². The van der Waals surface area contributed by atoms with E-state index in [1.807, 2.05) is 6.07 Å². The number of carbonyl (C=O) groups is 2. The van der Waals surface area contributed by atoms with Gasteiger partial charge in [0.1, 0.15) is 11.5 Å². The monoisotopic (exact) mass is 384 g/mol. The van der Waals surface area contributed by atoms with Gasteiger partial charge in [0.15, 0.2) is 0 Å². The number of rotatable bonds is 3. The lowest BCUT2D eigenvalue weighted by Gasteiger charge is -2.64. The molecular formula is C22H28N2O4. The predicted octanol–water partition coefficient (Wildman–Crippen LogP) is 1.64. The lowest BCUT2D eigenvalue weighted by molar-refractivity contribution is -0.179. The van der Waals surface area contributed by atoms with Crippen LogP contribution in [0.4, 0.5) is 0 Å². The van der Waals surface area contributed by atoms with E-state index >= 15 is 0 Å². The summed E-state index contributed by atoms with van der Waals surface area (Å²) in [6, 6.07) is 3.77. The maximum absolute atomic E-state index is 12.5. The van der Waals surface area contributed by atoms with E-state index in [0.717, 1.165) is 12.1 Å². The third-order valence-corrected chi connectivity index (χ3v) is 8.11. The van der Waals surface area contributed by atoms with Crippen molar-refractivity contribution in [3.05, 3.63) is 28.8 Å². The number of ketones is 1. The van der Waals surface area contributed by atoms with Gasteiger partial charge in [-0.2, -0.15) is 0 Å². The Bertz CT molecular complexity index is 880. The minimum atomic E-state index is -1.08. The van der Waals surface area contributed by atoms with Gasteiger partial charge in [-0.15, -0.1) is 0 Å². The third-order valence-electron chi connectivity index (χ3n) is 8.11. The summed E-state index contributed by atoms with van der Waals surface area (Å²) in [7, 11) is 0. The Balaban J connectivity index is 1.70. The van der Waals surface area contributed by atoms with Crippen molar-refractivity contribution in [1.82, 2.24) is 4.90 Å². The van der Waals surface area contributed by atoms with Crippen LogP contribution in [0.15, 0.2) is 12.1 Å². The minimum Gasteiger partial charge on any atom is -0.507 e. The number of phenols is 1. The van der Waals surface area contributed by atoms with Crippen LogP contribution in [-0.4, -0.2) is 51.0 Å². The number of hydrogen-bond acceptors (Lipinski definition) is 5. The van der Waals surface area contributed by atoms with Gasteiger partial charge >= 0.3 is 0 Å². The van der Waals surface area contributed by atoms with Gasteiger partial charge in [0.25, 0.3) is 5.91 Å². The van der Waals surface area contributed by atoms with E-state index < -0.39 is 16.9 Å². The highest BCUT2D eigenvalue weighted by Crippen LogP contribution is 2.60. The molecule has 0 aromatic heterocycles. The lowest BCUT2D eigenvalue weighted by atomic mass is 9.49. The normalized spacial score (nSPS) is 35.8. The second kappa shape index (κ2) is 5.80. The summed E-state index contributed by atoms with van der Waals surface area (Å²) in [5.41, 5.74) is 5.14. The van der Waals surface area contributed by atoms with Gasteiger partial charge in [-0.25, -0.2) is 0 Å². The quantitative estimate of drug-likeness (QED) is 0.735. The summed E-state index contributed by atoms with van der Waals surface area (Å²) in [5, 5.41) is 23.1. The van der Waals surface area contributed by atoms with Crippen molar-refractivity contribution in [2.75, 3.05) is 6.54 Å². The zero-order chi connectivity index (χ0) is 19.8. The number of hydrogen-bond donors (Lipinski definition) is 3. The second-order valence-corrected chi connectivity index (χ2v) is 9.37. The molecule has 2 saturated carbocycles. The molecule has 28 heavy (non-hydrogen) atoms.